The van der Waals surface area contributed by atoms with E-state index in [2.05, 4.69) is 11.4 Å². The van der Waals surface area contributed by atoms with Gasteiger partial charge in [0.25, 0.3) is 5.91 Å². The quantitative estimate of drug-likeness (QED) is 0.186. The minimum absolute atomic E-state index is 0.0836. The second-order valence-electron chi connectivity index (χ2n) is 9.80. The van der Waals surface area contributed by atoms with Gasteiger partial charge in [0.15, 0.2) is 6.61 Å². The number of ether oxygens (including phenoxy) is 3. The Hall–Kier alpha value is -5.82. The highest BCUT2D eigenvalue weighted by atomic mass is 19.1. The Kier molecular flexibility index (Phi) is 8.49. The van der Waals surface area contributed by atoms with Crippen LogP contribution >= 0.6 is 0 Å². The summed E-state index contributed by atoms with van der Waals surface area (Å²) >= 11 is 0. The Morgan fingerprint density at radius 1 is 0.909 bits per heavy atom. The number of halogens is 1. The lowest BCUT2D eigenvalue weighted by molar-refractivity contribution is -0.119. The van der Waals surface area contributed by atoms with Gasteiger partial charge >= 0.3 is 5.97 Å². The van der Waals surface area contributed by atoms with Crippen molar-refractivity contribution in [2.45, 2.75) is 13.8 Å². The highest BCUT2D eigenvalue weighted by Crippen LogP contribution is 2.42. The Bertz CT molecular complexity index is 1860. The van der Waals surface area contributed by atoms with Gasteiger partial charge in [-0.3, -0.25) is 10.1 Å². The van der Waals surface area contributed by atoms with Crippen molar-refractivity contribution in [1.29, 1.82) is 5.26 Å². The largest absolute Gasteiger partial charge is 0.497 e. The molecular formula is C34H28FN3O6. The molecule has 2 aromatic heterocycles. The summed E-state index contributed by atoms with van der Waals surface area (Å²) in [6.45, 7) is 2.91. The maximum absolute atomic E-state index is 13.4. The second-order valence-corrected chi connectivity index (χ2v) is 9.80. The standard InChI is InChI=1S/C34H28FN3O6/c1-20-17-28(21(2)38(20)25-11-9-24(35)10-12-25)34(40)43-19-30(39)37-33-29(18-36)31(22-5-13-26(41-3)14-6-22)32(44-33)23-7-15-27(42-4)16-8-23/h5-17H,19H2,1-4H3,(H,37,39). The third kappa shape index (κ3) is 5.89. The number of benzene rings is 3. The summed E-state index contributed by atoms with van der Waals surface area (Å²) in [5.41, 5.74) is 4.14. The molecule has 0 spiro atoms. The average molecular weight is 594 g/mol. The molecule has 3 aromatic carbocycles. The van der Waals surface area contributed by atoms with Crippen LogP contribution in [-0.2, 0) is 9.53 Å². The first-order valence-electron chi connectivity index (χ1n) is 13.5. The van der Waals surface area contributed by atoms with E-state index in [-0.39, 0.29) is 22.8 Å². The van der Waals surface area contributed by atoms with E-state index in [0.29, 0.717) is 45.3 Å². The molecule has 0 atom stereocenters. The highest BCUT2D eigenvalue weighted by Gasteiger charge is 2.25. The molecule has 222 valence electrons. The van der Waals surface area contributed by atoms with E-state index in [9.17, 15) is 19.2 Å². The number of nitrogens with zero attached hydrogens (tertiary/aromatic N) is 2. The first-order chi connectivity index (χ1) is 21.2. The van der Waals surface area contributed by atoms with E-state index in [1.807, 2.05) is 0 Å². The van der Waals surface area contributed by atoms with Crippen LogP contribution in [0.2, 0.25) is 0 Å². The van der Waals surface area contributed by atoms with Crippen LogP contribution in [0.5, 0.6) is 11.5 Å². The molecule has 0 aliphatic heterocycles. The number of aromatic nitrogens is 1. The van der Waals surface area contributed by atoms with Crippen molar-refractivity contribution in [2.75, 3.05) is 26.1 Å². The number of anilines is 1. The minimum Gasteiger partial charge on any atom is -0.497 e. The molecule has 0 aliphatic carbocycles. The molecule has 1 amide bonds. The van der Waals surface area contributed by atoms with E-state index in [0.717, 1.165) is 5.69 Å². The molecular weight excluding hydrogens is 565 g/mol. The van der Waals surface area contributed by atoms with Gasteiger partial charge in [0.2, 0.25) is 5.88 Å². The van der Waals surface area contributed by atoms with E-state index < -0.39 is 18.5 Å². The van der Waals surface area contributed by atoms with Gasteiger partial charge in [-0.1, -0.05) is 12.1 Å². The molecule has 9 nitrogen and oxygen atoms in total. The lowest BCUT2D eigenvalue weighted by Gasteiger charge is -2.10. The maximum atomic E-state index is 13.4. The van der Waals surface area contributed by atoms with Gasteiger partial charge in [0.05, 0.1) is 19.8 Å². The van der Waals surface area contributed by atoms with Crippen molar-refractivity contribution in [3.8, 4) is 45.7 Å². The smallest absolute Gasteiger partial charge is 0.340 e. The van der Waals surface area contributed by atoms with Gasteiger partial charge in [-0.2, -0.15) is 5.26 Å². The number of aryl methyl sites for hydroxylation is 1. The number of hydrogen-bond acceptors (Lipinski definition) is 7. The summed E-state index contributed by atoms with van der Waals surface area (Å²) in [4.78, 5) is 25.9. The lowest BCUT2D eigenvalue weighted by Crippen LogP contribution is -2.21. The van der Waals surface area contributed by atoms with Crippen molar-refractivity contribution in [3.63, 3.8) is 0 Å². The van der Waals surface area contributed by atoms with Gasteiger partial charge in [-0.25, -0.2) is 9.18 Å². The summed E-state index contributed by atoms with van der Waals surface area (Å²) in [7, 11) is 3.11. The number of amides is 1. The van der Waals surface area contributed by atoms with Crippen LogP contribution in [0.4, 0.5) is 10.3 Å². The highest BCUT2D eigenvalue weighted by molar-refractivity contribution is 5.98. The van der Waals surface area contributed by atoms with E-state index in [1.165, 1.54) is 12.1 Å². The Morgan fingerprint density at radius 2 is 1.50 bits per heavy atom. The zero-order valence-corrected chi connectivity index (χ0v) is 24.4. The first-order valence-corrected chi connectivity index (χ1v) is 13.5. The Morgan fingerprint density at radius 3 is 2.07 bits per heavy atom. The van der Waals surface area contributed by atoms with Crippen molar-refractivity contribution >= 4 is 17.8 Å². The molecule has 0 aliphatic rings. The lowest BCUT2D eigenvalue weighted by atomic mass is 9.98. The fourth-order valence-electron chi connectivity index (χ4n) is 4.93. The molecule has 0 saturated carbocycles. The molecule has 5 aromatic rings. The number of methoxy groups -OCH3 is 2. The van der Waals surface area contributed by atoms with Crippen molar-refractivity contribution in [2.24, 2.45) is 0 Å². The van der Waals surface area contributed by atoms with Crippen molar-refractivity contribution in [3.05, 3.63) is 107 Å². The van der Waals surface area contributed by atoms with Crippen LogP contribution in [0.1, 0.15) is 27.3 Å². The third-order valence-corrected chi connectivity index (χ3v) is 7.07. The Balaban J connectivity index is 1.39. The molecule has 5 rings (SSSR count). The molecule has 44 heavy (non-hydrogen) atoms. The van der Waals surface area contributed by atoms with E-state index >= 15 is 0 Å². The molecule has 0 fully saturated rings. The fourth-order valence-corrected chi connectivity index (χ4v) is 4.93. The van der Waals surface area contributed by atoms with Gasteiger partial charge in [0.1, 0.15) is 34.7 Å². The van der Waals surface area contributed by atoms with Crippen LogP contribution in [0, 0.1) is 31.0 Å². The zero-order valence-electron chi connectivity index (χ0n) is 24.4. The molecule has 0 radical (unpaired) electrons. The van der Waals surface area contributed by atoms with Crippen LogP contribution in [-0.4, -0.2) is 37.3 Å². The normalized spacial score (nSPS) is 10.6. The summed E-state index contributed by atoms with van der Waals surface area (Å²) < 4.78 is 37.1. The fraction of sp³-hybridized carbons (Fsp3) is 0.147. The van der Waals surface area contributed by atoms with Crippen LogP contribution in [0.15, 0.2) is 83.3 Å². The SMILES string of the molecule is COc1ccc(-c2oc(NC(=O)COC(=O)c3cc(C)n(-c4ccc(F)cc4)c3C)c(C#N)c2-c2ccc(OC)cc2)cc1. The summed E-state index contributed by atoms with van der Waals surface area (Å²) in [6.07, 6.45) is 0. The predicted molar refractivity (Wildman–Crippen MR) is 162 cm³/mol. The van der Waals surface area contributed by atoms with Crippen LogP contribution < -0.4 is 14.8 Å². The Labute approximate surface area is 253 Å². The topological polar surface area (TPSA) is 116 Å². The second kappa shape index (κ2) is 12.6. The van der Waals surface area contributed by atoms with Crippen LogP contribution in [0.25, 0.3) is 28.1 Å². The number of carbonyl (C=O) groups is 2. The van der Waals surface area contributed by atoms with Gasteiger partial charge in [-0.15, -0.1) is 0 Å². The summed E-state index contributed by atoms with van der Waals surface area (Å²) in [5, 5.41) is 12.7. The van der Waals surface area contributed by atoms with E-state index in [1.54, 1.807) is 99.4 Å². The number of rotatable bonds is 9. The molecule has 0 unspecified atom stereocenters. The maximum Gasteiger partial charge on any atom is 0.340 e. The first kappa shape index (κ1) is 29.7. The molecule has 0 bridgehead atoms. The summed E-state index contributed by atoms with van der Waals surface area (Å²) in [5.74, 6) is -0.228. The predicted octanol–water partition coefficient (Wildman–Crippen LogP) is 6.84. The molecule has 0 saturated heterocycles. The number of furan rings is 1. The number of carbonyl (C=O) groups excluding carboxylic acids is 2. The number of nitrogens with one attached hydrogen (secondary N) is 1. The number of esters is 1. The van der Waals surface area contributed by atoms with Gasteiger partial charge < -0.3 is 23.2 Å². The summed E-state index contributed by atoms with van der Waals surface area (Å²) in [6, 6.07) is 23.8. The zero-order chi connectivity index (χ0) is 31.4. The average Bonchev–Trinajstić information content (AvgIpc) is 3.56. The minimum atomic E-state index is -0.709. The van der Waals surface area contributed by atoms with E-state index in [4.69, 9.17) is 18.6 Å². The molecule has 1 N–H and O–H groups in total. The van der Waals surface area contributed by atoms with Crippen molar-refractivity contribution in [1.82, 2.24) is 4.57 Å². The van der Waals surface area contributed by atoms with Crippen LogP contribution in [0.3, 0.4) is 0 Å². The van der Waals surface area contributed by atoms with Gasteiger partial charge in [-0.05, 0) is 86.1 Å². The molecule has 2 heterocycles. The van der Waals surface area contributed by atoms with Gasteiger partial charge in [0, 0.05) is 28.2 Å². The molecule has 10 heteroatoms. The van der Waals surface area contributed by atoms with Crippen molar-refractivity contribution < 1.29 is 32.6 Å². The monoisotopic (exact) mass is 593 g/mol. The number of nitriles is 1. The third-order valence-electron chi connectivity index (χ3n) is 7.07. The number of hydrogen-bond donors (Lipinski definition) is 1.